The van der Waals surface area contributed by atoms with Crippen molar-refractivity contribution in [3.05, 3.63) is 30.1 Å². The SMILES string of the molecule is NC(=O)C1NC(=O)C=Cn2cccc21. The van der Waals surface area contributed by atoms with Crippen LogP contribution in [0.25, 0.3) is 6.20 Å². The van der Waals surface area contributed by atoms with E-state index < -0.39 is 11.9 Å². The van der Waals surface area contributed by atoms with E-state index >= 15 is 0 Å². The van der Waals surface area contributed by atoms with E-state index in [1.54, 1.807) is 29.1 Å². The number of nitrogens with two attached hydrogens (primary N) is 1. The van der Waals surface area contributed by atoms with E-state index in [1.165, 1.54) is 6.08 Å². The minimum Gasteiger partial charge on any atom is -0.368 e. The molecule has 1 unspecified atom stereocenters. The van der Waals surface area contributed by atoms with Crippen molar-refractivity contribution in [2.75, 3.05) is 0 Å². The van der Waals surface area contributed by atoms with Crippen LogP contribution in [-0.4, -0.2) is 16.4 Å². The van der Waals surface area contributed by atoms with E-state index in [2.05, 4.69) is 5.32 Å². The fraction of sp³-hybridized carbons (Fsp3) is 0.111. The molecule has 1 aliphatic rings. The molecule has 2 rings (SSSR count). The van der Waals surface area contributed by atoms with Gasteiger partial charge in [0, 0.05) is 18.5 Å². The number of hydrogen-bond acceptors (Lipinski definition) is 2. The Morgan fingerprint density at radius 2 is 2.36 bits per heavy atom. The lowest BCUT2D eigenvalue weighted by Crippen LogP contribution is -2.36. The van der Waals surface area contributed by atoms with Crippen LogP contribution in [0.1, 0.15) is 11.7 Å². The monoisotopic (exact) mass is 191 g/mol. The third kappa shape index (κ3) is 1.28. The maximum Gasteiger partial charge on any atom is 0.246 e. The predicted octanol–water partition coefficient (Wildman–Crippen LogP) is -0.385. The smallest absolute Gasteiger partial charge is 0.246 e. The van der Waals surface area contributed by atoms with Crippen LogP contribution < -0.4 is 11.1 Å². The lowest BCUT2D eigenvalue weighted by Gasteiger charge is -2.12. The molecule has 0 saturated carbocycles. The quantitative estimate of drug-likeness (QED) is 0.634. The number of amides is 2. The molecule has 5 nitrogen and oxygen atoms in total. The van der Waals surface area contributed by atoms with Crippen LogP contribution in [0.5, 0.6) is 0 Å². The van der Waals surface area contributed by atoms with Crippen molar-refractivity contribution in [3.8, 4) is 0 Å². The highest BCUT2D eigenvalue weighted by Gasteiger charge is 2.23. The molecule has 14 heavy (non-hydrogen) atoms. The van der Waals surface area contributed by atoms with Gasteiger partial charge in [-0.3, -0.25) is 9.59 Å². The molecule has 0 aromatic carbocycles. The number of carbonyl (C=O) groups is 2. The third-order valence-corrected chi connectivity index (χ3v) is 2.07. The first-order valence-electron chi connectivity index (χ1n) is 4.13. The Balaban J connectivity index is 2.48. The number of aromatic nitrogens is 1. The molecule has 0 bridgehead atoms. The zero-order chi connectivity index (χ0) is 10.1. The first-order chi connectivity index (χ1) is 6.68. The number of fused-ring (bicyclic) bond motifs is 1. The Hall–Kier alpha value is -2.04. The standard InChI is InChI=1S/C9H9N3O2/c10-9(14)8-6-2-1-4-12(6)5-3-7(13)11-8/h1-5,8H,(H2,10,14)(H,11,13). The number of nitrogens with zero attached hydrogens (tertiary/aromatic N) is 1. The number of nitrogens with one attached hydrogen (secondary N) is 1. The molecule has 1 aliphatic heterocycles. The summed E-state index contributed by atoms with van der Waals surface area (Å²) in [5.41, 5.74) is 5.84. The summed E-state index contributed by atoms with van der Waals surface area (Å²) >= 11 is 0. The molecule has 0 fully saturated rings. The maximum atomic E-state index is 11.1. The minimum absolute atomic E-state index is 0.322. The largest absolute Gasteiger partial charge is 0.368 e. The average Bonchev–Trinajstić information content (AvgIpc) is 2.52. The minimum atomic E-state index is -0.757. The highest BCUT2D eigenvalue weighted by Crippen LogP contribution is 2.16. The molecular formula is C9H9N3O2. The van der Waals surface area contributed by atoms with Crippen LogP contribution in [-0.2, 0) is 9.59 Å². The number of rotatable bonds is 1. The van der Waals surface area contributed by atoms with Gasteiger partial charge in [-0.15, -0.1) is 0 Å². The molecule has 3 N–H and O–H groups in total. The Morgan fingerprint density at radius 3 is 3.07 bits per heavy atom. The van der Waals surface area contributed by atoms with E-state index in [1.807, 2.05) is 0 Å². The van der Waals surface area contributed by atoms with Gasteiger partial charge in [-0.1, -0.05) is 0 Å². The molecule has 72 valence electrons. The lowest BCUT2D eigenvalue weighted by molar-refractivity contribution is -0.125. The Labute approximate surface area is 80.2 Å². The molecule has 2 heterocycles. The van der Waals surface area contributed by atoms with Gasteiger partial charge in [-0.25, -0.2) is 0 Å². The molecule has 1 aromatic rings. The molecule has 0 aliphatic carbocycles. The van der Waals surface area contributed by atoms with Crippen molar-refractivity contribution in [2.24, 2.45) is 5.73 Å². The second-order valence-corrected chi connectivity index (χ2v) is 3.00. The zero-order valence-corrected chi connectivity index (χ0v) is 7.31. The van der Waals surface area contributed by atoms with Gasteiger partial charge in [0.05, 0.1) is 5.69 Å². The summed E-state index contributed by atoms with van der Waals surface area (Å²) in [5, 5.41) is 2.50. The Kier molecular flexibility index (Phi) is 1.85. The second-order valence-electron chi connectivity index (χ2n) is 3.00. The molecule has 0 spiro atoms. The fourth-order valence-electron chi connectivity index (χ4n) is 1.42. The van der Waals surface area contributed by atoms with Crippen LogP contribution in [0.15, 0.2) is 24.4 Å². The maximum absolute atomic E-state index is 11.1. The first-order valence-corrected chi connectivity index (χ1v) is 4.13. The van der Waals surface area contributed by atoms with Crippen LogP contribution in [0, 0.1) is 0 Å². The van der Waals surface area contributed by atoms with E-state index in [4.69, 9.17) is 5.73 Å². The second kappa shape index (κ2) is 3.02. The van der Waals surface area contributed by atoms with Gasteiger partial charge >= 0.3 is 0 Å². The molecule has 0 saturated heterocycles. The molecule has 2 amide bonds. The Bertz CT molecular complexity index is 419. The summed E-state index contributed by atoms with van der Waals surface area (Å²) < 4.78 is 1.69. The highest BCUT2D eigenvalue weighted by molar-refractivity contribution is 5.95. The zero-order valence-electron chi connectivity index (χ0n) is 7.31. The molecule has 5 heteroatoms. The van der Waals surface area contributed by atoms with Crippen molar-refractivity contribution in [1.82, 2.24) is 9.88 Å². The first kappa shape index (κ1) is 8.55. The van der Waals surface area contributed by atoms with Crippen LogP contribution in [0.4, 0.5) is 0 Å². The van der Waals surface area contributed by atoms with Crippen LogP contribution >= 0.6 is 0 Å². The van der Waals surface area contributed by atoms with Gasteiger partial charge in [0.1, 0.15) is 6.04 Å². The van der Waals surface area contributed by atoms with Gasteiger partial charge in [0.2, 0.25) is 11.8 Å². The van der Waals surface area contributed by atoms with E-state index in [-0.39, 0.29) is 5.91 Å². The highest BCUT2D eigenvalue weighted by atomic mass is 16.2. The number of primary amides is 1. The van der Waals surface area contributed by atoms with Crippen molar-refractivity contribution in [3.63, 3.8) is 0 Å². The van der Waals surface area contributed by atoms with E-state index in [9.17, 15) is 9.59 Å². The van der Waals surface area contributed by atoms with Gasteiger partial charge in [-0.05, 0) is 12.1 Å². The van der Waals surface area contributed by atoms with Gasteiger partial charge in [-0.2, -0.15) is 0 Å². The summed E-state index contributed by atoms with van der Waals surface area (Å²) in [6.07, 6.45) is 4.70. The average molecular weight is 191 g/mol. The van der Waals surface area contributed by atoms with Gasteiger partial charge in [0.25, 0.3) is 0 Å². The molecular weight excluding hydrogens is 182 g/mol. The predicted molar refractivity (Wildman–Crippen MR) is 49.8 cm³/mol. The third-order valence-electron chi connectivity index (χ3n) is 2.07. The van der Waals surface area contributed by atoms with E-state index in [0.717, 1.165) is 0 Å². The fourth-order valence-corrected chi connectivity index (χ4v) is 1.42. The van der Waals surface area contributed by atoms with Crippen molar-refractivity contribution >= 4 is 18.0 Å². The van der Waals surface area contributed by atoms with E-state index in [0.29, 0.717) is 5.69 Å². The topological polar surface area (TPSA) is 77.1 Å². The molecule has 1 atom stereocenters. The van der Waals surface area contributed by atoms with Crippen molar-refractivity contribution < 1.29 is 9.59 Å². The summed E-state index contributed by atoms with van der Waals surface area (Å²) in [5.74, 6) is -0.889. The Morgan fingerprint density at radius 1 is 1.57 bits per heavy atom. The van der Waals surface area contributed by atoms with Gasteiger partial charge in [0.15, 0.2) is 0 Å². The lowest BCUT2D eigenvalue weighted by atomic mass is 10.2. The van der Waals surface area contributed by atoms with Crippen molar-refractivity contribution in [1.29, 1.82) is 0 Å². The number of carbonyl (C=O) groups excluding carboxylic acids is 2. The summed E-state index contributed by atoms with van der Waals surface area (Å²) in [4.78, 5) is 22.2. The summed E-state index contributed by atoms with van der Waals surface area (Å²) in [6.45, 7) is 0. The molecule has 1 aromatic heterocycles. The van der Waals surface area contributed by atoms with Crippen molar-refractivity contribution in [2.45, 2.75) is 6.04 Å². The summed E-state index contributed by atoms with van der Waals surface area (Å²) in [7, 11) is 0. The van der Waals surface area contributed by atoms with Crippen LogP contribution in [0.3, 0.4) is 0 Å². The number of hydrogen-bond donors (Lipinski definition) is 2. The normalized spacial score (nSPS) is 19.7. The van der Waals surface area contributed by atoms with Gasteiger partial charge < -0.3 is 15.6 Å². The van der Waals surface area contributed by atoms with Crippen LogP contribution in [0.2, 0.25) is 0 Å². The summed E-state index contributed by atoms with van der Waals surface area (Å²) in [6, 6.07) is 2.77. The molecule has 0 radical (unpaired) electrons.